The van der Waals surface area contributed by atoms with Gasteiger partial charge in [0.1, 0.15) is 11.3 Å². The molecule has 1 aromatic heterocycles. The van der Waals surface area contributed by atoms with E-state index in [1.54, 1.807) is 16.7 Å². The molecule has 1 unspecified atom stereocenters. The highest BCUT2D eigenvalue weighted by molar-refractivity contribution is 7.99. The third-order valence-electron chi connectivity index (χ3n) is 4.99. The molecule has 1 amide bonds. The number of amides is 1. The van der Waals surface area contributed by atoms with Crippen molar-refractivity contribution in [1.29, 1.82) is 0 Å². The summed E-state index contributed by atoms with van der Waals surface area (Å²) < 4.78 is 33.9. The van der Waals surface area contributed by atoms with Crippen molar-refractivity contribution in [2.24, 2.45) is 0 Å². The zero-order valence-electron chi connectivity index (χ0n) is 17.4. The third kappa shape index (κ3) is 5.42. The Bertz CT molecular complexity index is 1060. The van der Waals surface area contributed by atoms with Crippen LogP contribution in [0.2, 0.25) is 0 Å². The first-order valence-corrected chi connectivity index (χ1v) is 12.0. The number of thiazole rings is 1. The molecule has 1 aliphatic rings. The van der Waals surface area contributed by atoms with E-state index in [0.29, 0.717) is 28.2 Å². The molecule has 4 rings (SSSR count). The van der Waals surface area contributed by atoms with E-state index < -0.39 is 11.6 Å². The van der Waals surface area contributed by atoms with Gasteiger partial charge in [0, 0.05) is 22.8 Å². The van der Waals surface area contributed by atoms with Crippen LogP contribution in [0.15, 0.2) is 41.3 Å². The fraction of sp³-hybridized carbons (Fsp3) is 0.391. The largest absolute Gasteiger partial charge is 0.376 e. The summed E-state index contributed by atoms with van der Waals surface area (Å²) in [6.07, 6.45) is 1.93. The maximum atomic E-state index is 14.2. The van der Waals surface area contributed by atoms with Gasteiger partial charge in [-0.15, -0.1) is 11.8 Å². The van der Waals surface area contributed by atoms with E-state index in [0.717, 1.165) is 40.7 Å². The van der Waals surface area contributed by atoms with Gasteiger partial charge >= 0.3 is 0 Å². The van der Waals surface area contributed by atoms with Gasteiger partial charge in [0.2, 0.25) is 5.91 Å². The van der Waals surface area contributed by atoms with Crippen LogP contribution in [0.4, 0.5) is 13.9 Å². The predicted molar refractivity (Wildman–Crippen MR) is 122 cm³/mol. The smallest absolute Gasteiger partial charge is 0.233 e. The lowest BCUT2D eigenvalue weighted by atomic mass is 10.1. The van der Waals surface area contributed by atoms with Crippen molar-refractivity contribution < 1.29 is 18.3 Å². The molecule has 0 bridgehead atoms. The summed E-state index contributed by atoms with van der Waals surface area (Å²) in [5, 5.41) is 0.852. The summed E-state index contributed by atoms with van der Waals surface area (Å²) >= 11 is 2.89. The molecule has 164 valence electrons. The fourth-order valence-electron chi connectivity index (χ4n) is 3.57. The molecule has 2 heterocycles. The van der Waals surface area contributed by atoms with Crippen LogP contribution in [0.3, 0.4) is 0 Å². The Morgan fingerprint density at radius 3 is 2.74 bits per heavy atom. The van der Waals surface area contributed by atoms with Gasteiger partial charge in [-0.1, -0.05) is 37.3 Å². The number of halogens is 2. The Hall–Kier alpha value is -2.03. The number of ether oxygens (including phenoxy) is 1. The molecule has 1 atom stereocenters. The molecule has 4 nitrogen and oxygen atoms in total. The van der Waals surface area contributed by atoms with E-state index in [1.165, 1.54) is 6.07 Å². The lowest BCUT2D eigenvalue weighted by Gasteiger charge is -2.23. The molecule has 0 saturated carbocycles. The zero-order chi connectivity index (χ0) is 22.0. The van der Waals surface area contributed by atoms with E-state index in [-0.39, 0.29) is 23.9 Å². The second-order valence-corrected chi connectivity index (χ2v) is 10.5. The summed E-state index contributed by atoms with van der Waals surface area (Å²) in [5.74, 6) is -1.52. The molecule has 3 aromatic rings. The Morgan fingerprint density at radius 2 is 2.06 bits per heavy atom. The quantitative estimate of drug-likeness (QED) is 0.414. The number of benzene rings is 2. The van der Waals surface area contributed by atoms with Gasteiger partial charge in [-0.05, 0) is 36.6 Å². The highest BCUT2D eigenvalue weighted by Gasteiger charge is 2.27. The SMILES string of the molecule is CC(C)Sc1ccc(CC(=O)N(CC2CCCO2)c2nc3c(F)cc(F)cc3s2)cc1. The number of carbonyl (C=O) groups is 1. The van der Waals surface area contributed by atoms with Crippen LogP contribution in [0.25, 0.3) is 10.2 Å². The van der Waals surface area contributed by atoms with Gasteiger partial charge in [0.05, 0.1) is 23.8 Å². The van der Waals surface area contributed by atoms with Gasteiger partial charge < -0.3 is 4.74 Å². The monoisotopic (exact) mass is 462 g/mol. The maximum absolute atomic E-state index is 14.2. The first-order valence-electron chi connectivity index (χ1n) is 10.3. The summed E-state index contributed by atoms with van der Waals surface area (Å²) in [5.41, 5.74) is 0.982. The minimum absolute atomic E-state index is 0.0811. The Morgan fingerprint density at radius 1 is 1.29 bits per heavy atom. The van der Waals surface area contributed by atoms with E-state index in [2.05, 4.69) is 18.8 Å². The summed E-state index contributed by atoms with van der Waals surface area (Å²) in [6.45, 7) is 5.29. The molecule has 1 fully saturated rings. The third-order valence-corrected chi connectivity index (χ3v) is 7.04. The van der Waals surface area contributed by atoms with Crippen LogP contribution in [0.5, 0.6) is 0 Å². The zero-order valence-corrected chi connectivity index (χ0v) is 19.1. The van der Waals surface area contributed by atoms with Gasteiger partial charge in [-0.2, -0.15) is 0 Å². The molecule has 2 aromatic carbocycles. The van der Waals surface area contributed by atoms with Gasteiger partial charge in [-0.25, -0.2) is 13.8 Å². The van der Waals surface area contributed by atoms with Crippen molar-refractivity contribution in [2.45, 2.75) is 49.4 Å². The number of rotatable bonds is 7. The number of anilines is 1. The number of thioether (sulfide) groups is 1. The number of aromatic nitrogens is 1. The first-order chi connectivity index (χ1) is 14.9. The molecule has 0 spiro atoms. The van der Waals surface area contributed by atoms with Crippen molar-refractivity contribution in [3.63, 3.8) is 0 Å². The Kier molecular flexibility index (Phi) is 6.89. The number of hydrogen-bond acceptors (Lipinski definition) is 5. The van der Waals surface area contributed by atoms with Crippen LogP contribution < -0.4 is 4.90 Å². The van der Waals surface area contributed by atoms with Gasteiger partial charge in [0.15, 0.2) is 10.9 Å². The Labute approximate surface area is 188 Å². The van der Waals surface area contributed by atoms with Crippen molar-refractivity contribution in [3.05, 3.63) is 53.6 Å². The minimum atomic E-state index is -0.722. The molecule has 31 heavy (non-hydrogen) atoms. The number of fused-ring (bicyclic) bond motifs is 1. The van der Waals surface area contributed by atoms with Gasteiger partial charge in [0.25, 0.3) is 0 Å². The average molecular weight is 463 g/mol. The van der Waals surface area contributed by atoms with Crippen molar-refractivity contribution in [1.82, 2.24) is 4.98 Å². The average Bonchev–Trinajstić information content (AvgIpc) is 3.36. The van der Waals surface area contributed by atoms with Crippen LogP contribution in [0, 0.1) is 11.6 Å². The van der Waals surface area contributed by atoms with E-state index in [9.17, 15) is 13.6 Å². The standard InChI is InChI=1S/C23H24F2N2O2S2/c1-14(2)30-18-7-5-15(6-8-18)10-21(28)27(13-17-4-3-9-29-17)23-26-22-19(25)11-16(24)12-20(22)31-23/h5-8,11-12,14,17H,3-4,9-10,13H2,1-2H3. The molecular weight excluding hydrogens is 438 g/mol. The first kappa shape index (κ1) is 22.2. The van der Waals surface area contributed by atoms with Crippen LogP contribution in [-0.4, -0.2) is 35.4 Å². The van der Waals surface area contributed by atoms with Gasteiger partial charge in [-0.3, -0.25) is 9.69 Å². The molecule has 0 aliphatic carbocycles. The summed E-state index contributed by atoms with van der Waals surface area (Å²) in [4.78, 5) is 20.3. The van der Waals surface area contributed by atoms with E-state index in [1.807, 2.05) is 24.3 Å². The van der Waals surface area contributed by atoms with Crippen molar-refractivity contribution >= 4 is 44.4 Å². The van der Waals surface area contributed by atoms with Crippen LogP contribution >= 0.6 is 23.1 Å². The highest BCUT2D eigenvalue weighted by atomic mass is 32.2. The highest BCUT2D eigenvalue weighted by Crippen LogP contribution is 2.32. The molecule has 0 radical (unpaired) electrons. The molecule has 1 aliphatic heterocycles. The predicted octanol–water partition coefficient (Wildman–Crippen LogP) is 5.83. The topological polar surface area (TPSA) is 42.4 Å². The van der Waals surface area contributed by atoms with E-state index >= 15 is 0 Å². The van der Waals surface area contributed by atoms with Crippen LogP contribution in [0.1, 0.15) is 32.3 Å². The molecular formula is C23H24F2N2O2S2. The molecule has 8 heteroatoms. The van der Waals surface area contributed by atoms with Crippen molar-refractivity contribution in [3.8, 4) is 0 Å². The van der Waals surface area contributed by atoms with Crippen molar-refractivity contribution in [2.75, 3.05) is 18.1 Å². The fourth-order valence-corrected chi connectivity index (χ4v) is 5.44. The number of hydrogen-bond donors (Lipinski definition) is 0. The number of nitrogens with zero attached hydrogens (tertiary/aromatic N) is 2. The lowest BCUT2D eigenvalue weighted by molar-refractivity contribution is -0.118. The summed E-state index contributed by atoms with van der Waals surface area (Å²) in [7, 11) is 0. The molecule has 0 N–H and O–H groups in total. The summed E-state index contributed by atoms with van der Waals surface area (Å²) in [6, 6.07) is 10.0. The second kappa shape index (κ2) is 9.63. The molecule has 1 saturated heterocycles. The van der Waals surface area contributed by atoms with E-state index in [4.69, 9.17) is 4.74 Å². The Balaban J connectivity index is 1.58. The number of carbonyl (C=O) groups excluding carboxylic acids is 1. The normalized spacial score (nSPS) is 16.4. The second-order valence-electron chi connectivity index (χ2n) is 7.86. The lowest BCUT2D eigenvalue weighted by Crippen LogP contribution is -2.38. The van der Waals surface area contributed by atoms with Crippen LogP contribution in [-0.2, 0) is 16.0 Å². The maximum Gasteiger partial charge on any atom is 0.233 e. The minimum Gasteiger partial charge on any atom is -0.376 e.